The van der Waals surface area contributed by atoms with Gasteiger partial charge in [-0.3, -0.25) is 9.48 Å². The van der Waals surface area contributed by atoms with Crippen molar-refractivity contribution in [3.63, 3.8) is 0 Å². The first-order valence-corrected chi connectivity index (χ1v) is 7.18. The molecule has 2 N–H and O–H groups in total. The molecule has 0 fully saturated rings. The summed E-state index contributed by atoms with van der Waals surface area (Å²) >= 11 is 0. The van der Waals surface area contributed by atoms with Gasteiger partial charge in [-0.15, -0.1) is 0 Å². The fourth-order valence-corrected chi connectivity index (χ4v) is 2.31. The number of carboxylic acids is 1. The molecule has 8 heteroatoms. The van der Waals surface area contributed by atoms with Crippen LogP contribution in [-0.4, -0.2) is 36.5 Å². The lowest BCUT2D eigenvalue weighted by Crippen LogP contribution is -2.24. The van der Waals surface area contributed by atoms with Gasteiger partial charge < -0.3 is 10.4 Å². The number of carboxylic acid groups (broad SMARTS) is 1. The Morgan fingerprint density at radius 3 is 2.71 bits per heavy atom. The number of hydrogen-bond acceptors (Lipinski definition) is 4. The third kappa shape index (κ3) is 3.02. The van der Waals surface area contributed by atoms with Gasteiger partial charge in [-0.2, -0.15) is 10.2 Å². The van der Waals surface area contributed by atoms with E-state index in [1.165, 1.54) is 15.4 Å². The lowest BCUT2D eigenvalue weighted by molar-refractivity contribution is 0.0696. The molecule has 8 nitrogen and oxygen atoms in total. The van der Waals surface area contributed by atoms with Crippen LogP contribution in [0.1, 0.15) is 26.4 Å². The largest absolute Gasteiger partial charge is 0.478 e. The normalized spacial score (nSPS) is 10.5. The maximum atomic E-state index is 12.0. The number of para-hydroxylation sites is 1. The number of aromatic carboxylic acids is 1. The number of hydrogen-bond donors (Lipinski definition) is 2. The molecule has 3 rings (SSSR count). The Morgan fingerprint density at radius 1 is 1.21 bits per heavy atom. The van der Waals surface area contributed by atoms with E-state index < -0.39 is 5.97 Å². The number of aryl methyl sites for hydroxylation is 1. The molecule has 0 atom stereocenters. The number of aromatic nitrogens is 4. The summed E-state index contributed by atoms with van der Waals surface area (Å²) in [6.45, 7) is 0.277. The average molecular weight is 325 g/mol. The van der Waals surface area contributed by atoms with E-state index in [0.717, 1.165) is 5.56 Å². The van der Waals surface area contributed by atoms with E-state index in [1.54, 1.807) is 49.9 Å². The third-order valence-electron chi connectivity index (χ3n) is 3.52. The van der Waals surface area contributed by atoms with Crippen LogP contribution >= 0.6 is 0 Å². The highest BCUT2D eigenvalue weighted by molar-refractivity contribution is 5.92. The summed E-state index contributed by atoms with van der Waals surface area (Å²) in [5, 5.41) is 20.1. The first-order chi connectivity index (χ1) is 11.6. The van der Waals surface area contributed by atoms with Gasteiger partial charge in [-0.1, -0.05) is 12.1 Å². The molecule has 0 aliphatic heterocycles. The number of carbonyl (C=O) groups excluding carboxylic acids is 1. The lowest BCUT2D eigenvalue weighted by Gasteiger charge is -2.05. The minimum absolute atomic E-state index is 0.158. The molecule has 2 aromatic heterocycles. The Hall–Kier alpha value is -3.42. The van der Waals surface area contributed by atoms with Gasteiger partial charge in [-0.05, 0) is 18.2 Å². The van der Waals surface area contributed by atoms with Crippen molar-refractivity contribution in [2.24, 2.45) is 7.05 Å². The van der Waals surface area contributed by atoms with Crippen molar-refractivity contribution in [1.82, 2.24) is 24.9 Å². The van der Waals surface area contributed by atoms with Gasteiger partial charge in [0, 0.05) is 31.5 Å². The van der Waals surface area contributed by atoms with Crippen LogP contribution in [-0.2, 0) is 13.6 Å². The number of nitrogens with zero attached hydrogens (tertiary/aromatic N) is 4. The molecule has 0 saturated carbocycles. The highest BCUT2D eigenvalue weighted by atomic mass is 16.4. The second-order valence-electron chi connectivity index (χ2n) is 5.14. The summed E-state index contributed by atoms with van der Waals surface area (Å²) in [7, 11) is 1.69. The number of rotatable bonds is 5. The average Bonchev–Trinajstić information content (AvgIpc) is 3.21. The molecule has 1 amide bonds. The Bertz CT molecular complexity index is 897. The number of amides is 1. The summed E-state index contributed by atoms with van der Waals surface area (Å²) < 4.78 is 2.97. The van der Waals surface area contributed by atoms with E-state index in [2.05, 4.69) is 15.5 Å². The van der Waals surface area contributed by atoms with Crippen LogP contribution in [0.2, 0.25) is 0 Å². The zero-order valence-electron chi connectivity index (χ0n) is 12.9. The van der Waals surface area contributed by atoms with Crippen molar-refractivity contribution in [3.05, 3.63) is 65.7 Å². The van der Waals surface area contributed by atoms with E-state index in [0.29, 0.717) is 11.4 Å². The molecular formula is C16H15N5O3. The minimum atomic E-state index is -1.02. The van der Waals surface area contributed by atoms with Crippen molar-refractivity contribution in [2.75, 3.05) is 0 Å². The number of carbonyl (C=O) groups is 2. The molecule has 0 aliphatic rings. The standard InChI is InChI=1S/C16H15N5O3/c1-20-14(6-7-18-20)15(22)17-8-11-9-19-21(10-11)13-5-3-2-4-12(13)16(23)24/h2-7,9-10H,8H2,1H3,(H,17,22)(H,23,24). The zero-order valence-corrected chi connectivity index (χ0v) is 12.9. The van der Waals surface area contributed by atoms with Crippen LogP contribution in [0.5, 0.6) is 0 Å². The predicted octanol–water partition coefficient (Wildman–Crippen LogP) is 1.23. The predicted molar refractivity (Wildman–Crippen MR) is 84.9 cm³/mol. The van der Waals surface area contributed by atoms with Crippen LogP contribution < -0.4 is 5.32 Å². The van der Waals surface area contributed by atoms with Crippen molar-refractivity contribution >= 4 is 11.9 Å². The van der Waals surface area contributed by atoms with Crippen molar-refractivity contribution in [1.29, 1.82) is 0 Å². The van der Waals surface area contributed by atoms with Crippen LogP contribution in [0.4, 0.5) is 0 Å². The third-order valence-corrected chi connectivity index (χ3v) is 3.52. The lowest BCUT2D eigenvalue weighted by atomic mass is 10.2. The van der Waals surface area contributed by atoms with Crippen molar-refractivity contribution in [2.45, 2.75) is 6.54 Å². The summed E-state index contributed by atoms with van der Waals surface area (Å²) in [5.74, 6) is -1.26. The van der Waals surface area contributed by atoms with Gasteiger partial charge in [0.25, 0.3) is 5.91 Å². The van der Waals surface area contributed by atoms with Gasteiger partial charge in [0.2, 0.25) is 0 Å². The van der Waals surface area contributed by atoms with Gasteiger partial charge in [0.15, 0.2) is 0 Å². The fraction of sp³-hybridized carbons (Fsp3) is 0.125. The van der Waals surface area contributed by atoms with E-state index in [4.69, 9.17) is 0 Å². The van der Waals surface area contributed by atoms with Crippen LogP contribution in [0.3, 0.4) is 0 Å². The molecule has 0 aliphatic carbocycles. The van der Waals surface area contributed by atoms with Gasteiger partial charge >= 0.3 is 5.97 Å². The highest BCUT2D eigenvalue weighted by Crippen LogP contribution is 2.14. The molecule has 0 bridgehead atoms. The van der Waals surface area contributed by atoms with Crippen molar-refractivity contribution in [3.8, 4) is 5.69 Å². The molecule has 24 heavy (non-hydrogen) atoms. The number of benzene rings is 1. The zero-order chi connectivity index (χ0) is 17.1. The molecule has 2 heterocycles. The summed E-state index contributed by atoms with van der Waals surface area (Å²) in [6, 6.07) is 8.22. The Balaban J connectivity index is 1.74. The monoisotopic (exact) mass is 325 g/mol. The SMILES string of the molecule is Cn1nccc1C(=O)NCc1cnn(-c2ccccc2C(=O)O)c1. The second-order valence-corrected chi connectivity index (χ2v) is 5.14. The van der Waals surface area contributed by atoms with Gasteiger partial charge in [0.05, 0.1) is 17.4 Å². The molecular weight excluding hydrogens is 310 g/mol. The molecule has 122 valence electrons. The topological polar surface area (TPSA) is 102 Å². The molecule has 0 radical (unpaired) electrons. The second kappa shape index (κ2) is 6.37. The van der Waals surface area contributed by atoms with E-state index in [1.807, 2.05) is 0 Å². The number of nitrogens with one attached hydrogen (secondary N) is 1. The highest BCUT2D eigenvalue weighted by Gasteiger charge is 2.13. The Labute approximate surface area is 137 Å². The quantitative estimate of drug-likeness (QED) is 0.734. The Morgan fingerprint density at radius 2 is 2.00 bits per heavy atom. The molecule has 3 aromatic rings. The Kier molecular flexibility index (Phi) is 4.11. The van der Waals surface area contributed by atoms with E-state index in [9.17, 15) is 14.7 Å². The maximum Gasteiger partial charge on any atom is 0.337 e. The first-order valence-electron chi connectivity index (χ1n) is 7.18. The van der Waals surface area contributed by atoms with Crippen LogP contribution in [0.15, 0.2) is 48.9 Å². The summed E-state index contributed by atoms with van der Waals surface area (Å²) in [5.41, 5.74) is 1.84. The van der Waals surface area contributed by atoms with Gasteiger partial charge in [-0.25, -0.2) is 9.48 Å². The van der Waals surface area contributed by atoms with E-state index in [-0.39, 0.29) is 18.0 Å². The van der Waals surface area contributed by atoms with Crippen LogP contribution in [0.25, 0.3) is 5.69 Å². The smallest absolute Gasteiger partial charge is 0.337 e. The molecule has 0 unspecified atom stereocenters. The maximum absolute atomic E-state index is 12.0. The molecule has 0 saturated heterocycles. The first kappa shape index (κ1) is 15.5. The van der Waals surface area contributed by atoms with Gasteiger partial charge in [0.1, 0.15) is 5.69 Å². The summed E-state index contributed by atoms with van der Waals surface area (Å²) in [6.07, 6.45) is 4.82. The molecule has 0 spiro atoms. The summed E-state index contributed by atoms with van der Waals surface area (Å²) in [4.78, 5) is 23.3. The van der Waals surface area contributed by atoms with Crippen molar-refractivity contribution < 1.29 is 14.7 Å². The van der Waals surface area contributed by atoms with E-state index >= 15 is 0 Å². The fourth-order valence-electron chi connectivity index (χ4n) is 2.31. The van der Waals surface area contributed by atoms with Crippen LogP contribution in [0, 0.1) is 0 Å². The molecule has 1 aromatic carbocycles. The minimum Gasteiger partial charge on any atom is -0.478 e.